The smallest absolute Gasteiger partial charge is 0.418 e. The van der Waals surface area contributed by atoms with Crippen LogP contribution >= 0.6 is 0 Å². The second-order valence-corrected chi connectivity index (χ2v) is 9.91. The molecule has 4 heterocycles. The third kappa shape index (κ3) is 5.31. The first kappa shape index (κ1) is 27.4. The van der Waals surface area contributed by atoms with E-state index in [1.807, 2.05) is 0 Å². The minimum absolute atomic E-state index is 0.0459. The van der Waals surface area contributed by atoms with Crippen molar-refractivity contribution in [2.75, 3.05) is 25.9 Å². The number of carbonyl (C=O) groups is 2. The first-order valence-corrected chi connectivity index (χ1v) is 12.8. The van der Waals surface area contributed by atoms with Crippen LogP contribution < -0.4 is 21.1 Å². The lowest BCUT2D eigenvalue weighted by atomic mass is 9.96. The number of methoxy groups -OCH3 is 1. The second-order valence-electron chi connectivity index (χ2n) is 9.91. The first-order chi connectivity index (χ1) is 19.1. The summed E-state index contributed by atoms with van der Waals surface area (Å²) >= 11 is 0. The van der Waals surface area contributed by atoms with Crippen LogP contribution in [0.25, 0.3) is 16.8 Å². The van der Waals surface area contributed by atoms with Gasteiger partial charge in [0.2, 0.25) is 5.88 Å². The van der Waals surface area contributed by atoms with Gasteiger partial charge in [0.05, 0.1) is 31.0 Å². The number of nitrogens with two attached hydrogens (primary N) is 1. The molecular weight excluding hydrogens is 536 g/mol. The lowest BCUT2D eigenvalue weighted by Crippen LogP contribution is -2.46. The van der Waals surface area contributed by atoms with E-state index in [4.69, 9.17) is 10.5 Å². The highest BCUT2D eigenvalue weighted by Gasteiger charge is 2.39. The first-order valence-electron chi connectivity index (χ1n) is 12.8. The number of halogens is 4. The van der Waals surface area contributed by atoms with E-state index in [0.29, 0.717) is 0 Å². The maximum Gasteiger partial charge on any atom is 0.418 e. The molecule has 1 aliphatic heterocycles. The Morgan fingerprint density at radius 1 is 1.10 bits per heavy atom. The number of amides is 3. The standard InChI is InChI=1S/C25H28F4N8O3/c1-40-23-15(22(38)35-18-11-36(10-17(18)26)24(39)34-14-5-3-2-4-6-14)7-13(9-31-23)19-8-16(25(27,28)29)20-21(30)32-12-33-37(19)20/h7-9,12,14,17-18H,2-6,10-11H2,1H3,(H,34,39)(H,35,38)(H2,30,32,33). The van der Waals surface area contributed by atoms with Crippen molar-refractivity contribution >= 4 is 23.3 Å². The summed E-state index contributed by atoms with van der Waals surface area (Å²) in [4.78, 5) is 35.0. The molecule has 1 aliphatic carbocycles. The monoisotopic (exact) mass is 564 g/mol. The highest BCUT2D eigenvalue weighted by Crippen LogP contribution is 2.39. The number of carbonyl (C=O) groups excluding carboxylic acids is 2. The molecule has 3 amide bonds. The quantitative estimate of drug-likeness (QED) is 0.405. The van der Waals surface area contributed by atoms with Gasteiger partial charge in [-0.05, 0) is 25.0 Å². The average Bonchev–Trinajstić information content (AvgIpc) is 3.51. The van der Waals surface area contributed by atoms with Crippen molar-refractivity contribution in [1.82, 2.24) is 35.1 Å². The Hall–Kier alpha value is -4.17. The molecule has 0 spiro atoms. The number of pyridine rings is 1. The van der Waals surface area contributed by atoms with Crippen molar-refractivity contribution in [2.24, 2.45) is 0 Å². The molecule has 4 N–H and O–H groups in total. The van der Waals surface area contributed by atoms with Gasteiger partial charge in [0, 0.05) is 24.3 Å². The van der Waals surface area contributed by atoms with Crippen molar-refractivity contribution < 1.29 is 31.9 Å². The van der Waals surface area contributed by atoms with Crippen molar-refractivity contribution in [2.45, 2.75) is 56.5 Å². The summed E-state index contributed by atoms with van der Waals surface area (Å²) in [5, 5.41) is 9.41. The maximum atomic E-state index is 14.9. The fraction of sp³-hybridized carbons (Fsp3) is 0.480. The molecule has 2 fully saturated rings. The zero-order valence-electron chi connectivity index (χ0n) is 21.5. The minimum atomic E-state index is -4.75. The molecule has 0 bridgehead atoms. The number of urea groups is 1. The van der Waals surface area contributed by atoms with Crippen LogP contribution in [0.3, 0.4) is 0 Å². The van der Waals surface area contributed by atoms with E-state index in [0.717, 1.165) is 49.0 Å². The van der Waals surface area contributed by atoms with Crippen LogP contribution in [0.15, 0.2) is 24.7 Å². The van der Waals surface area contributed by atoms with E-state index < -0.39 is 35.4 Å². The number of nitrogens with zero attached hydrogens (tertiary/aromatic N) is 5. The Labute approximate surface area is 226 Å². The Bertz CT molecular complexity index is 1420. The Morgan fingerprint density at radius 3 is 2.55 bits per heavy atom. The fourth-order valence-electron chi connectivity index (χ4n) is 5.23. The molecule has 2 aliphatic rings. The van der Waals surface area contributed by atoms with Crippen LogP contribution in [0.2, 0.25) is 0 Å². The molecule has 2 atom stereocenters. The molecule has 3 aromatic heterocycles. The van der Waals surface area contributed by atoms with Gasteiger partial charge >= 0.3 is 12.2 Å². The number of fused-ring (bicyclic) bond motifs is 1. The molecule has 15 heteroatoms. The summed E-state index contributed by atoms with van der Waals surface area (Å²) in [6, 6.07) is 0.778. The van der Waals surface area contributed by atoms with Gasteiger partial charge in [-0.25, -0.2) is 23.7 Å². The molecule has 0 aromatic carbocycles. The Kier molecular flexibility index (Phi) is 7.38. The van der Waals surface area contributed by atoms with E-state index in [9.17, 15) is 27.2 Å². The summed E-state index contributed by atoms with van der Waals surface area (Å²) in [7, 11) is 1.27. The van der Waals surface area contributed by atoms with E-state index in [1.54, 1.807) is 0 Å². The number of nitrogen functional groups attached to an aromatic ring is 1. The SMILES string of the molecule is COc1ncc(-c2cc(C(F)(F)F)c3c(N)ncnn23)cc1C(=O)NC1CN(C(=O)NC2CCCCC2)CC1F. The molecule has 5 rings (SSSR count). The van der Waals surface area contributed by atoms with Crippen LogP contribution in [0, 0.1) is 0 Å². The summed E-state index contributed by atoms with van der Waals surface area (Å²) in [5.74, 6) is -1.26. The lowest BCUT2D eigenvalue weighted by molar-refractivity contribution is -0.136. The van der Waals surface area contributed by atoms with E-state index in [2.05, 4.69) is 25.7 Å². The third-order valence-corrected chi connectivity index (χ3v) is 7.26. The summed E-state index contributed by atoms with van der Waals surface area (Å²) in [6.45, 7) is -0.230. The average molecular weight is 565 g/mol. The normalized spacial score (nSPS) is 20.1. The lowest BCUT2D eigenvalue weighted by Gasteiger charge is -2.26. The topological polar surface area (TPSA) is 140 Å². The van der Waals surface area contributed by atoms with Gasteiger partial charge in [-0.2, -0.15) is 18.3 Å². The molecule has 3 aromatic rings. The molecule has 1 saturated heterocycles. The molecule has 1 saturated carbocycles. The van der Waals surface area contributed by atoms with Gasteiger partial charge in [-0.3, -0.25) is 4.79 Å². The predicted molar refractivity (Wildman–Crippen MR) is 135 cm³/mol. The van der Waals surface area contributed by atoms with Gasteiger partial charge in [-0.1, -0.05) is 19.3 Å². The zero-order valence-corrected chi connectivity index (χ0v) is 21.5. The van der Waals surface area contributed by atoms with Gasteiger partial charge < -0.3 is 26.0 Å². The largest absolute Gasteiger partial charge is 0.480 e. The van der Waals surface area contributed by atoms with Crippen LogP contribution in [0.1, 0.15) is 48.0 Å². The summed E-state index contributed by atoms with van der Waals surface area (Å²) < 4.78 is 62.3. The van der Waals surface area contributed by atoms with Crippen molar-refractivity contribution in [1.29, 1.82) is 0 Å². The number of rotatable bonds is 5. The molecule has 2 unspecified atom stereocenters. The van der Waals surface area contributed by atoms with Gasteiger partial charge in [0.25, 0.3) is 5.91 Å². The molecule has 11 nitrogen and oxygen atoms in total. The minimum Gasteiger partial charge on any atom is -0.480 e. The Morgan fingerprint density at radius 2 is 1.85 bits per heavy atom. The molecule has 214 valence electrons. The van der Waals surface area contributed by atoms with Crippen LogP contribution in [0.4, 0.5) is 28.2 Å². The molecule has 0 radical (unpaired) electrons. The number of anilines is 1. The number of alkyl halides is 4. The van der Waals surface area contributed by atoms with Crippen molar-refractivity contribution in [3.63, 3.8) is 0 Å². The highest BCUT2D eigenvalue weighted by molar-refractivity contribution is 5.98. The molecular formula is C25H28F4N8O3. The van der Waals surface area contributed by atoms with Crippen LogP contribution in [0.5, 0.6) is 5.88 Å². The molecule has 40 heavy (non-hydrogen) atoms. The number of hydrogen-bond donors (Lipinski definition) is 3. The number of nitrogens with one attached hydrogen (secondary N) is 2. The van der Waals surface area contributed by atoms with E-state index in [-0.39, 0.29) is 53.7 Å². The van der Waals surface area contributed by atoms with Crippen molar-refractivity contribution in [3.05, 3.63) is 35.8 Å². The van der Waals surface area contributed by atoms with Crippen LogP contribution in [-0.2, 0) is 6.18 Å². The summed E-state index contributed by atoms with van der Waals surface area (Å²) in [6.07, 6.45) is 0.895. The fourth-order valence-corrected chi connectivity index (χ4v) is 5.23. The highest BCUT2D eigenvalue weighted by atomic mass is 19.4. The second kappa shape index (κ2) is 10.8. The van der Waals surface area contributed by atoms with Crippen LogP contribution in [-0.4, -0.2) is 74.9 Å². The predicted octanol–water partition coefficient (Wildman–Crippen LogP) is 3.20. The number of hydrogen-bond acceptors (Lipinski definition) is 7. The van der Waals surface area contributed by atoms with Gasteiger partial charge in [0.15, 0.2) is 5.82 Å². The third-order valence-electron chi connectivity index (χ3n) is 7.26. The number of aromatic nitrogens is 4. The maximum absolute atomic E-state index is 14.9. The number of ether oxygens (including phenoxy) is 1. The van der Waals surface area contributed by atoms with Gasteiger partial charge in [-0.15, -0.1) is 0 Å². The number of likely N-dealkylation sites (tertiary alicyclic amines) is 1. The zero-order chi connectivity index (χ0) is 28.6. The Balaban J connectivity index is 1.38. The van der Waals surface area contributed by atoms with Crippen molar-refractivity contribution in [3.8, 4) is 17.1 Å². The van der Waals surface area contributed by atoms with Gasteiger partial charge in [0.1, 0.15) is 23.6 Å². The van der Waals surface area contributed by atoms with E-state index >= 15 is 0 Å². The summed E-state index contributed by atoms with van der Waals surface area (Å²) in [5.41, 5.74) is 4.14. The van der Waals surface area contributed by atoms with E-state index in [1.165, 1.54) is 24.3 Å².